The number of benzene rings is 1. The molecule has 0 fully saturated rings. The number of hydrogen-bond acceptors (Lipinski definition) is 1. The fourth-order valence-electron chi connectivity index (χ4n) is 1.20. The Morgan fingerprint density at radius 3 is 2.85 bits per heavy atom. The molecule has 1 amide bonds. The van der Waals surface area contributed by atoms with Crippen molar-refractivity contribution in [2.24, 2.45) is 0 Å². The van der Waals surface area contributed by atoms with Crippen molar-refractivity contribution in [3.05, 3.63) is 30.3 Å². The highest BCUT2D eigenvalue weighted by Crippen LogP contribution is 2.20. The molecule has 0 aliphatic rings. The van der Waals surface area contributed by atoms with Gasteiger partial charge in [0.25, 0.3) is 0 Å². The molecule has 1 aromatic rings. The van der Waals surface area contributed by atoms with Gasteiger partial charge in [0.1, 0.15) is 7.85 Å². The van der Waals surface area contributed by atoms with Gasteiger partial charge in [-0.15, -0.1) is 0 Å². The SMILES string of the molecule is Bc1ccc(NC=O)c(C(=C)C)c1. The predicted molar refractivity (Wildman–Crippen MR) is 59.0 cm³/mol. The van der Waals surface area contributed by atoms with E-state index in [1.807, 2.05) is 33.0 Å². The standard InChI is InChI=1S/C10H12BNO/c1-7(2)9-5-8(11)3-4-10(9)12-6-13/h3-6H,1,11H2,2H3,(H,12,13). The number of allylic oxidation sites excluding steroid dienone is 1. The van der Waals surface area contributed by atoms with Crippen LogP contribution in [0, 0.1) is 0 Å². The Labute approximate surface area is 79.1 Å². The molecular formula is C10H12BNO. The summed E-state index contributed by atoms with van der Waals surface area (Å²) < 4.78 is 0. The van der Waals surface area contributed by atoms with E-state index in [1.54, 1.807) is 0 Å². The van der Waals surface area contributed by atoms with Crippen molar-refractivity contribution in [3.63, 3.8) is 0 Å². The van der Waals surface area contributed by atoms with E-state index in [0.29, 0.717) is 6.41 Å². The minimum absolute atomic E-state index is 0.678. The lowest BCUT2D eigenvalue weighted by Gasteiger charge is -2.08. The van der Waals surface area contributed by atoms with Gasteiger partial charge in [0.05, 0.1) is 0 Å². The Balaban J connectivity index is 3.17. The second kappa shape index (κ2) is 3.94. The van der Waals surface area contributed by atoms with Gasteiger partial charge in [-0.3, -0.25) is 4.79 Å². The maximum absolute atomic E-state index is 10.3. The van der Waals surface area contributed by atoms with E-state index in [0.717, 1.165) is 22.3 Å². The van der Waals surface area contributed by atoms with E-state index in [-0.39, 0.29) is 0 Å². The molecule has 3 heteroatoms. The fraction of sp³-hybridized carbons (Fsp3) is 0.100. The number of carbonyl (C=O) groups excluding carboxylic acids is 1. The molecule has 0 atom stereocenters. The van der Waals surface area contributed by atoms with Crippen LogP contribution in [0.5, 0.6) is 0 Å². The highest BCUT2D eigenvalue weighted by molar-refractivity contribution is 6.32. The molecule has 0 aromatic heterocycles. The van der Waals surface area contributed by atoms with E-state index in [1.165, 1.54) is 0 Å². The van der Waals surface area contributed by atoms with Crippen LogP contribution in [0.2, 0.25) is 0 Å². The molecule has 2 nitrogen and oxygen atoms in total. The molecule has 66 valence electrons. The molecule has 0 radical (unpaired) electrons. The second-order valence-electron chi connectivity index (χ2n) is 3.09. The summed E-state index contributed by atoms with van der Waals surface area (Å²) in [6.45, 7) is 5.77. The minimum Gasteiger partial charge on any atom is -0.328 e. The summed E-state index contributed by atoms with van der Waals surface area (Å²) in [4.78, 5) is 10.3. The van der Waals surface area contributed by atoms with Crippen molar-refractivity contribution in [3.8, 4) is 0 Å². The van der Waals surface area contributed by atoms with Crippen LogP contribution in [-0.2, 0) is 4.79 Å². The van der Waals surface area contributed by atoms with E-state index in [2.05, 4.69) is 11.9 Å². The third-order valence-electron chi connectivity index (χ3n) is 1.85. The van der Waals surface area contributed by atoms with Gasteiger partial charge in [-0.2, -0.15) is 0 Å². The van der Waals surface area contributed by atoms with Crippen molar-refractivity contribution in [2.75, 3.05) is 5.32 Å². The molecule has 0 unspecified atom stereocenters. The molecule has 0 saturated carbocycles. The molecule has 0 heterocycles. The average molecular weight is 173 g/mol. The van der Waals surface area contributed by atoms with Crippen LogP contribution >= 0.6 is 0 Å². The molecule has 1 rings (SSSR count). The van der Waals surface area contributed by atoms with Crippen molar-refractivity contribution in [1.82, 2.24) is 0 Å². The van der Waals surface area contributed by atoms with E-state index >= 15 is 0 Å². The first-order valence-corrected chi connectivity index (χ1v) is 4.12. The maximum atomic E-state index is 10.3. The molecule has 0 saturated heterocycles. The Hall–Kier alpha value is -1.51. The molecule has 0 aliphatic carbocycles. The number of rotatable bonds is 3. The van der Waals surface area contributed by atoms with E-state index < -0.39 is 0 Å². The Bertz CT molecular complexity index is 347. The zero-order chi connectivity index (χ0) is 9.84. The normalized spacial score (nSPS) is 9.31. The maximum Gasteiger partial charge on any atom is 0.211 e. The van der Waals surface area contributed by atoms with Gasteiger partial charge in [-0.1, -0.05) is 24.2 Å². The number of anilines is 1. The Morgan fingerprint density at radius 2 is 2.31 bits per heavy atom. The molecule has 0 bridgehead atoms. The summed E-state index contributed by atoms with van der Waals surface area (Å²) >= 11 is 0. The number of carbonyl (C=O) groups is 1. The van der Waals surface area contributed by atoms with Gasteiger partial charge in [0.2, 0.25) is 6.41 Å². The first-order valence-electron chi connectivity index (χ1n) is 4.12. The summed E-state index contributed by atoms with van der Waals surface area (Å²) in [6, 6.07) is 5.85. The highest BCUT2D eigenvalue weighted by atomic mass is 16.1. The van der Waals surface area contributed by atoms with Gasteiger partial charge in [-0.25, -0.2) is 0 Å². The lowest BCUT2D eigenvalue weighted by molar-refractivity contribution is -0.105. The lowest BCUT2D eigenvalue weighted by Crippen LogP contribution is -2.06. The zero-order valence-corrected chi connectivity index (χ0v) is 7.92. The number of hydrogen-bond donors (Lipinski definition) is 1. The van der Waals surface area contributed by atoms with E-state index in [9.17, 15) is 4.79 Å². The van der Waals surface area contributed by atoms with Gasteiger partial charge in [-0.05, 0) is 24.1 Å². The van der Waals surface area contributed by atoms with Crippen LogP contribution < -0.4 is 10.8 Å². The quantitative estimate of drug-likeness (QED) is 0.524. The summed E-state index contributed by atoms with van der Waals surface area (Å²) in [7, 11) is 2.01. The third-order valence-corrected chi connectivity index (χ3v) is 1.85. The summed E-state index contributed by atoms with van der Waals surface area (Å²) in [5, 5.41) is 2.64. The smallest absolute Gasteiger partial charge is 0.211 e. The first kappa shape index (κ1) is 9.58. The molecule has 13 heavy (non-hydrogen) atoms. The summed E-state index contributed by atoms with van der Waals surface area (Å²) in [6.07, 6.45) is 0.678. The number of nitrogens with one attached hydrogen (secondary N) is 1. The lowest BCUT2D eigenvalue weighted by atomic mass is 9.92. The molecule has 1 aromatic carbocycles. The highest BCUT2D eigenvalue weighted by Gasteiger charge is 2.01. The van der Waals surface area contributed by atoms with Crippen molar-refractivity contribution < 1.29 is 4.79 Å². The van der Waals surface area contributed by atoms with Crippen molar-refractivity contribution in [1.29, 1.82) is 0 Å². The van der Waals surface area contributed by atoms with Crippen LogP contribution in [0.15, 0.2) is 24.8 Å². The molecule has 0 aliphatic heterocycles. The van der Waals surface area contributed by atoms with E-state index in [4.69, 9.17) is 0 Å². The average Bonchev–Trinajstić information content (AvgIpc) is 2.08. The van der Waals surface area contributed by atoms with Crippen molar-refractivity contribution >= 4 is 31.0 Å². The predicted octanol–water partition coefficient (Wildman–Crippen LogP) is 0.546. The van der Waals surface area contributed by atoms with Gasteiger partial charge in [0, 0.05) is 5.69 Å². The second-order valence-corrected chi connectivity index (χ2v) is 3.09. The fourth-order valence-corrected chi connectivity index (χ4v) is 1.20. The summed E-state index contributed by atoms with van der Waals surface area (Å²) in [5.74, 6) is 0. The van der Waals surface area contributed by atoms with Gasteiger partial charge >= 0.3 is 0 Å². The zero-order valence-electron chi connectivity index (χ0n) is 7.92. The van der Waals surface area contributed by atoms with Gasteiger partial charge in [0.15, 0.2) is 0 Å². The largest absolute Gasteiger partial charge is 0.328 e. The van der Waals surface area contributed by atoms with Crippen LogP contribution in [0.25, 0.3) is 5.57 Å². The minimum atomic E-state index is 0.678. The van der Waals surface area contributed by atoms with Crippen LogP contribution in [0.1, 0.15) is 12.5 Å². The monoisotopic (exact) mass is 173 g/mol. The first-order chi connectivity index (χ1) is 6.15. The Morgan fingerprint density at radius 1 is 1.62 bits per heavy atom. The molecule has 0 spiro atoms. The summed E-state index contributed by atoms with van der Waals surface area (Å²) in [5.41, 5.74) is 3.92. The third kappa shape index (κ3) is 2.21. The number of amides is 1. The van der Waals surface area contributed by atoms with Gasteiger partial charge < -0.3 is 5.32 Å². The molecule has 1 N–H and O–H groups in total. The molecular weight excluding hydrogens is 161 g/mol. The van der Waals surface area contributed by atoms with Crippen LogP contribution in [-0.4, -0.2) is 14.3 Å². The van der Waals surface area contributed by atoms with Crippen LogP contribution in [0.3, 0.4) is 0 Å². The Kier molecular flexibility index (Phi) is 2.90. The van der Waals surface area contributed by atoms with Crippen LogP contribution in [0.4, 0.5) is 5.69 Å². The topological polar surface area (TPSA) is 29.1 Å². The van der Waals surface area contributed by atoms with Crippen molar-refractivity contribution in [2.45, 2.75) is 6.92 Å².